The van der Waals surface area contributed by atoms with Gasteiger partial charge in [0.2, 0.25) is 0 Å². The van der Waals surface area contributed by atoms with Crippen LogP contribution in [0.4, 0.5) is 0 Å². The molecule has 0 aliphatic carbocycles. The monoisotopic (exact) mass is 334 g/mol. The number of aliphatic imine (C=N–C) groups is 1. The summed E-state index contributed by atoms with van der Waals surface area (Å²) in [5.41, 5.74) is 2.51. The van der Waals surface area contributed by atoms with E-state index in [-0.39, 0.29) is 11.7 Å². The molecule has 2 rings (SSSR count). The summed E-state index contributed by atoms with van der Waals surface area (Å²) < 4.78 is 5.71. The summed E-state index contributed by atoms with van der Waals surface area (Å²) in [7, 11) is 0. The van der Waals surface area contributed by atoms with Gasteiger partial charge >= 0.3 is 0 Å². The fourth-order valence-electron chi connectivity index (χ4n) is 2.58. The highest BCUT2D eigenvalue weighted by Crippen LogP contribution is 2.27. The minimum Gasteiger partial charge on any atom is -0.494 e. The molecular weight excluding hydrogens is 308 g/mol. The first kappa shape index (κ1) is 18.2. The molecule has 24 heavy (non-hydrogen) atoms. The average Bonchev–Trinajstić information content (AvgIpc) is 2.90. The maximum atomic E-state index is 9.86. The summed E-state index contributed by atoms with van der Waals surface area (Å²) in [6.45, 7) is 2.91. The van der Waals surface area contributed by atoms with Crippen molar-refractivity contribution in [1.29, 1.82) is 5.41 Å². The molecule has 1 aromatic carbocycles. The van der Waals surface area contributed by atoms with Crippen LogP contribution in [-0.4, -0.2) is 33.8 Å². The van der Waals surface area contributed by atoms with E-state index in [1.165, 1.54) is 32.1 Å². The number of hydrogen-bond acceptors (Lipinski definition) is 6. The second kappa shape index (κ2) is 9.24. The van der Waals surface area contributed by atoms with Gasteiger partial charge in [-0.1, -0.05) is 51.2 Å². The van der Waals surface area contributed by atoms with E-state index >= 15 is 0 Å². The lowest BCUT2D eigenvalue weighted by Crippen LogP contribution is -2.33. The molecule has 1 aliphatic heterocycles. The Kier molecular flexibility index (Phi) is 7.02. The van der Waals surface area contributed by atoms with Crippen molar-refractivity contribution in [3.8, 4) is 5.75 Å². The van der Waals surface area contributed by atoms with Crippen molar-refractivity contribution in [2.75, 3.05) is 6.61 Å². The number of unbranched alkanes of at least 4 members (excludes halogenated alkanes) is 5. The lowest BCUT2D eigenvalue weighted by Gasteiger charge is -2.17. The van der Waals surface area contributed by atoms with E-state index in [9.17, 15) is 5.21 Å². The van der Waals surface area contributed by atoms with E-state index in [4.69, 9.17) is 15.4 Å². The van der Waals surface area contributed by atoms with Crippen molar-refractivity contribution in [3.63, 3.8) is 0 Å². The second-order valence-electron chi connectivity index (χ2n) is 5.84. The smallest absolute Gasteiger partial charge is 0.192 e. The lowest BCUT2D eigenvalue weighted by atomic mass is 10.1. The summed E-state index contributed by atoms with van der Waals surface area (Å²) >= 11 is 0. The highest BCUT2D eigenvalue weighted by atomic mass is 16.5. The number of hydrogen-bond donors (Lipinski definition) is 4. The Morgan fingerprint density at radius 1 is 1.17 bits per heavy atom. The molecule has 1 atom stereocenters. The quantitative estimate of drug-likeness (QED) is 0.409. The third kappa shape index (κ3) is 4.69. The van der Waals surface area contributed by atoms with Crippen molar-refractivity contribution in [2.45, 2.75) is 51.6 Å². The van der Waals surface area contributed by atoms with E-state index in [1.807, 2.05) is 12.1 Å². The maximum Gasteiger partial charge on any atom is 0.192 e. The van der Waals surface area contributed by atoms with Crippen molar-refractivity contribution >= 4 is 11.7 Å². The van der Waals surface area contributed by atoms with Crippen LogP contribution in [0.3, 0.4) is 0 Å². The summed E-state index contributed by atoms with van der Waals surface area (Å²) in [5, 5.41) is 27.0. The van der Waals surface area contributed by atoms with Crippen LogP contribution in [0.15, 0.2) is 29.3 Å². The molecule has 1 aliphatic rings. The summed E-state index contributed by atoms with van der Waals surface area (Å²) in [6, 6.07) is 7.23. The fourth-order valence-corrected chi connectivity index (χ4v) is 2.58. The van der Waals surface area contributed by atoms with Crippen LogP contribution in [0.25, 0.3) is 0 Å². The predicted octanol–water partition coefficient (Wildman–Crippen LogP) is 3.48. The Bertz CT molecular complexity index is 559. The van der Waals surface area contributed by atoms with Gasteiger partial charge in [0.25, 0.3) is 0 Å². The molecule has 0 fully saturated rings. The fraction of sp³-hybridized carbons (Fsp3) is 0.529. The lowest BCUT2D eigenvalue weighted by molar-refractivity contribution is -0.0454. The van der Waals surface area contributed by atoms with Crippen LogP contribution < -0.4 is 10.2 Å². The molecule has 7 heteroatoms. The zero-order valence-corrected chi connectivity index (χ0v) is 14.0. The number of nitrogens with zero attached hydrogens (tertiary/aromatic N) is 2. The summed E-state index contributed by atoms with van der Waals surface area (Å²) in [4.78, 5) is 4.05. The number of amidine groups is 2. The third-order valence-corrected chi connectivity index (χ3v) is 3.99. The van der Waals surface area contributed by atoms with Gasteiger partial charge in [0.15, 0.2) is 17.8 Å². The number of nitrogens with one attached hydrogen (secondary N) is 2. The third-order valence-electron chi connectivity index (χ3n) is 3.99. The topological polar surface area (TPSA) is 101 Å². The van der Waals surface area contributed by atoms with Gasteiger partial charge in [0.05, 0.1) is 6.61 Å². The highest BCUT2D eigenvalue weighted by Gasteiger charge is 2.31. The van der Waals surface area contributed by atoms with Crippen LogP contribution in [0.1, 0.15) is 57.2 Å². The molecule has 0 amide bonds. The van der Waals surface area contributed by atoms with Gasteiger partial charge in [-0.05, 0) is 24.1 Å². The van der Waals surface area contributed by atoms with Gasteiger partial charge in [-0.3, -0.25) is 15.8 Å². The van der Waals surface area contributed by atoms with Gasteiger partial charge < -0.3 is 4.74 Å². The van der Waals surface area contributed by atoms with Gasteiger partial charge in [0.1, 0.15) is 5.75 Å². The standard InChI is InChI=1S/C17H26N4O3/c1-2-3-4-5-6-7-12-24-14-10-8-13(9-11-14)17-19-16(20-22)15(18)21(17)23/h8-11,17-18,22-23H,2-7,12H2,1H3,(H,19,20). The van der Waals surface area contributed by atoms with E-state index in [0.717, 1.165) is 12.2 Å². The first-order chi connectivity index (χ1) is 11.7. The van der Waals surface area contributed by atoms with Crippen LogP contribution in [-0.2, 0) is 0 Å². The first-order valence-corrected chi connectivity index (χ1v) is 8.45. The Morgan fingerprint density at radius 2 is 1.83 bits per heavy atom. The molecule has 1 heterocycles. The Labute approximate surface area is 142 Å². The maximum absolute atomic E-state index is 9.86. The highest BCUT2D eigenvalue weighted by molar-refractivity contribution is 6.39. The van der Waals surface area contributed by atoms with Crippen molar-refractivity contribution in [2.24, 2.45) is 4.99 Å². The minimum atomic E-state index is -0.736. The SMILES string of the molecule is CCCCCCCCOc1ccc(C2N=C(NO)C(=N)N2O)cc1. The van der Waals surface area contributed by atoms with Crippen LogP contribution >= 0.6 is 0 Å². The second-order valence-corrected chi connectivity index (χ2v) is 5.84. The van der Waals surface area contributed by atoms with Crippen molar-refractivity contribution in [3.05, 3.63) is 29.8 Å². The molecule has 7 nitrogen and oxygen atoms in total. The molecule has 1 aromatic rings. The normalized spacial score (nSPS) is 17.1. The number of benzene rings is 1. The van der Waals surface area contributed by atoms with Gasteiger partial charge in [-0.2, -0.15) is 0 Å². The van der Waals surface area contributed by atoms with E-state index < -0.39 is 6.17 Å². The van der Waals surface area contributed by atoms with Gasteiger partial charge in [-0.15, -0.1) is 0 Å². The number of rotatable bonds is 9. The number of ether oxygens (including phenoxy) is 1. The van der Waals surface area contributed by atoms with Crippen molar-refractivity contribution < 1.29 is 15.2 Å². The summed E-state index contributed by atoms with van der Waals surface area (Å²) in [6.07, 6.45) is 6.62. The Balaban J connectivity index is 1.79. The Hall–Kier alpha value is -2.12. The zero-order valence-electron chi connectivity index (χ0n) is 14.0. The molecule has 0 saturated carbocycles. The van der Waals surface area contributed by atoms with E-state index in [2.05, 4.69) is 11.9 Å². The van der Waals surface area contributed by atoms with Crippen LogP contribution in [0, 0.1) is 5.41 Å². The number of hydroxylamine groups is 3. The Morgan fingerprint density at radius 3 is 2.46 bits per heavy atom. The largest absolute Gasteiger partial charge is 0.494 e. The van der Waals surface area contributed by atoms with E-state index in [1.54, 1.807) is 17.6 Å². The molecule has 0 bridgehead atoms. The van der Waals surface area contributed by atoms with Crippen LogP contribution in [0.2, 0.25) is 0 Å². The molecule has 0 spiro atoms. The van der Waals surface area contributed by atoms with E-state index in [0.29, 0.717) is 17.2 Å². The van der Waals surface area contributed by atoms with Crippen molar-refractivity contribution in [1.82, 2.24) is 10.5 Å². The van der Waals surface area contributed by atoms with Gasteiger partial charge in [0, 0.05) is 0 Å². The molecule has 0 saturated heterocycles. The zero-order chi connectivity index (χ0) is 17.4. The van der Waals surface area contributed by atoms with Crippen LogP contribution in [0.5, 0.6) is 5.75 Å². The summed E-state index contributed by atoms with van der Waals surface area (Å²) in [5.74, 6) is 0.436. The first-order valence-electron chi connectivity index (χ1n) is 8.45. The molecule has 1 unspecified atom stereocenters. The molecule has 0 radical (unpaired) electrons. The average molecular weight is 334 g/mol. The molecular formula is C17H26N4O3. The minimum absolute atomic E-state index is 0.0640. The van der Waals surface area contributed by atoms with Gasteiger partial charge in [-0.25, -0.2) is 15.5 Å². The molecule has 0 aromatic heterocycles. The predicted molar refractivity (Wildman–Crippen MR) is 91.8 cm³/mol. The molecule has 4 N–H and O–H groups in total. The molecule has 132 valence electrons.